The third kappa shape index (κ3) is 7.91. The molecule has 2 amide bonds. The first-order valence-corrected chi connectivity index (χ1v) is 14.9. The minimum absolute atomic E-state index is 0.0611. The third-order valence-corrected chi connectivity index (χ3v) is 8.32. The Kier molecular flexibility index (Phi) is 12.4. The summed E-state index contributed by atoms with van der Waals surface area (Å²) in [5, 5.41) is 15.6. The highest BCUT2D eigenvalue weighted by Gasteiger charge is 2.58. The highest BCUT2D eigenvalue weighted by Crippen LogP contribution is 2.48. The number of aliphatic hydroxyl groups excluding tert-OH is 1. The van der Waals surface area contributed by atoms with Gasteiger partial charge in [-0.2, -0.15) is 0 Å². The molecule has 1 aliphatic carbocycles. The number of nitrogens with zero attached hydrogens (tertiary/aromatic N) is 2. The Morgan fingerprint density at radius 1 is 1.10 bits per heavy atom. The fourth-order valence-corrected chi connectivity index (χ4v) is 6.19. The molecule has 0 radical (unpaired) electrons. The van der Waals surface area contributed by atoms with Crippen molar-refractivity contribution in [1.82, 2.24) is 15.1 Å². The Morgan fingerprint density at radius 2 is 1.77 bits per heavy atom. The number of rotatable bonds is 16. The van der Waals surface area contributed by atoms with E-state index < -0.39 is 22.8 Å². The molecule has 39 heavy (non-hydrogen) atoms. The predicted molar refractivity (Wildman–Crippen MR) is 155 cm³/mol. The molecule has 2 aliphatic rings. The van der Waals surface area contributed by atoms with Crippen LogP contribution in [0.25, 0.3) is 0 Å². The van der Waals surface area contributed by atoms with Crippen LogP contribution in [0.4, 0.5) is 0 Å². The van der Waals surface area contributed by atoms with E-state index in [1.807, 2.05) is 41.3 Å². The summed E-state index contributed by atoms with van der Waals surface area (Å²) < 4.78 is 5.42. The Balaban J connectivity index is 1.75. The number of carbonyl (C=O) groups excluding carboxylic acids is 2. The van der Waals surface area contributed by atoms with Gasteiger partial charge in [-0.1, -0.05) is 56.3 Å². The normalized spacial score (nSPS) is 25.5. The quantitative estimate of drug-likeness (QED) is 0.219. The number of aliphatic hydroxyl groups is 1. The van der Waals surface area contributed by atoms with Gasteiger partial charge in [0.25, 0.3) is 0 Å². The first-order valence-electron chi connectivity index (χ1n) is 14.9. The van der Waals surface area contributed by atoms with Crippen molar-refractivity contribution in [1.29, 1.82) is 0 Å². The van der Waals surface area contributed by atoms with E-state index in [-0.39, 0.29) is 12.3 Å². The van der Waals surface area contributed by atoms with Crippen molar-refractivity contribution in [3.8, 4) is 0 Å². The fraction of sp³-hybridized carbons (Fsp3) is 0.677. The van der Waals surface area contributed by atoms with Crippen LogP contribution >= 0.6 is 0 Å². The molecule has 1 aliphatic heterocycles. The van der Waals surface area contributed by atoms with Crippen molar-refractivity contribution in [2.45, 2.75) is 64.9 Å². The summed E-state index contributed by atoms with van der Waals surface area (Å²) in [5.41, 5.74) is 4.49. The van der Waals surface area contributed by atoms with Crippen molar-refractivity contribution < 1.29 is 19.4 Å². The van der Waals surface area contributed by atoms with E-state index in [0.717, 1.165) is 77.2 Å². The van der Waals surface area contributed by atoms with Gasteiger partial charge in [-0.25, -0.2) is 0 Å². The Morgan fingerprint density at radius 3 is 2.41 bits per heavy atom. The van der Waals surface area contributed by atoms with Gasteiger partial charge in [-0.3, -0.25) is 14.5 Å². The van der Waals surface area contributed by atoms with Crippen LogP contribution in [-0.2, 0) is 20.7 Å². The zero-order valence-corrected chi connectivity index (χ0v) is 24.1. The zero-order valence-electron chi connectivity index (χ0n) is 24.1. The molecule has 3 rings (SSSR count). The summed E-state index contributed by atoms with van der Waals surface area (Å²) in [5.74, 6) is -0.653. The highest BCUT2D eigenvalue weighted by atomic mass is 16.5. The van der Waals surface area contributed by atoms with Crippen molar-refractivity contribution in [2.24, 2.45) is 16.6 Å². The molecule has 0 bridgehead atoms. The molecule has 1 fully saturated rings. The maximum Gasteiger partial charge on any atom is 0.231 e. The van der Waals surface area contributed by atoms with E-state index in [1.165, 1.54) is 0 Å². The van der Waals surface area contributed by atoms with Crippen molar-refractivity contribution in [3.05, 3.63) is 48.0 Å². The molecular weight excluding hydrogens is 492 g/mol. The van der Waals surface area contributed by atoms with Crippen molar-refractivity contribution in [3.63, 3.8) is 0 Å². The van der Waals surface area contributed by atoms with Crippen LogP contribution in [0.2, 0.25) is 0 Å². The van der Waals surface area contributed by atoms with E-state index in [9.17, 15) is 14.7 Å². The van der Waals surface area contributed by atoms with E-state index >= 15 is 0 Å². The number of hydrogen-bond donors (Lipinski definition) is 3. The summed E-state index contributed by atoms with van der Waals surface area (Å²) in [6.07, 6.45) is 7.05. The SMILES string of the molecule is CCCN(CCC)C(=O)C1(CCCNCCCN2CCOCC2)CC=C[C@](Cc2ccccc2)(C(N)=O)[C@@H]1O. The molecule has 8 nitrogen and oxygen atoms in total. The number of allylic oxidation sites excluding steroid dienone is 1. The lowest BCUT2D eigenvalue weighted by atomic mass is 9.58. The lowest BCUT2D eigenvalue weighted by Crippen LogP contribution is -2.61. The summed E-state index contributed by atoms with van der Waals surface area (Å²) in [4.78, 5) is 31.6. The molecule has 3 atom stereocenters. The maximum atomic E-state index is 14.3. The van der Waals surface area contributed by atoms with E-state index in [0.29, 0.717) is 25.9 Å². The Bertz CT molecular complexity index is 914. The lowest BCUT2D eigenvalue weighted by molar-refractivity contribution is -0.162. The highest BCUT2D eigenvalue weighted by molar-refractivity contribution is 5.89. The Hall–Kier alpha value is -2.26. The average molecular weight is 543 g/mol. The average Bonchev–Trinajstić information content (AvgIpc) is 2.95. The first-order chi connectivity index (χ1) is 18.9. The van der Waals surface area contributed by atoms with Crippen LogP contribution < -0.4 is 11.1 Å². The molecule has 1 aromatic carbocycles. The number of carbonyl (C=O) groups is 2. The van der Waals surface area contributed by atoms with Gasteiger partial charge in [-0.15, -0.1) is 0 Å². The summed E-state index contributed by atoms with van der Waals surface area (Å²) in [6, 6.07) is 9.62. The van der Waals surface area contributed by atoms with Gasteiger partial charge in [-0.05, 0) is 70.1 Å². The summed E-state index contributed by atoms with van der Waals surface area (Å²) in [7, 11) is 0. The van der Waals surface area contributed by atoms with Crippen LogP contribution in [0.15, 0.2) is 42.5 Å². The van der Waals surface area contributed by atoms with Crippen LogP contribution in [-0.4, -0.2) is 91.9 Å². The van der Waals surface area contributed by atoms with Crippen LogP contribution in [0.5, 0.6) is 0 Å². The third-order valence-electron chi connectivity index (χ3n) is 8.32. The maximum absolute atomic E-state index is 14.3. The number of primary amides is 1. The second kappa shape index (κ2) is 15.5. The van der Waals surface area contributed by atoms with Crippen molar-refractivity contribution in [2.75, 3.05) is 59.0 Å². The summed E-state index contributed by atoms with van der Waals surface area (Å²) >= 11 is 0. The van der Waals surface area contributed by atoms with Gasteiger partial charge in [0.05, 0.1) is 30.1 Å². The van der Waals surface area contributed by atoms with Gasteiger partial charge in [0, 0.05) is 26.2 Å². The molecule has 0 aromatic heterocycles. The van der Waals surface area contributed by atoms with Gasteiger partial charge >= 0.3 is 0 Å². The minimum atomic E-state index is -1.34. The van der Waals surface area contributed by atoms with Crippen molar-refractivity contribution >= 4 is 11.8 Å². The molecule has 1 heterocycles. The zero-order chi connectivity index (χ0) is 28.1. The molecular formula is C31H50N4O4. The van der Waals surface area contributed by atoms with Gasteiger partial charge in [0.2, 0.25) is 11.8 Å². The lowest BCUT2D eigenvalue weighted by Gasteiger charge is -2.49. The molecule has 218 valence electrons. The fourth-order valence-electron chi connectivity index (χ4n) is 6.19. The number of nitrogens with two attached hydrogens (primary N) is 1. The van der Waals surface area contributed by atoms with Crippen LogP contribution in [0.3, 0.4) is 0 Å². The van der Waals surface area contributed by atoms with Crippen LogP contribution in [0, 0.1) is 10.8 Å². The second-order valence-corrected chi connectivity index (χ2v) is 11.2. The molecule has 1 unspecified atom stereocenters. The standard InChI is InChI=1S/C31H50N4O4/c1-3-18-35(19-4-2)29(38)30(15-9-16-33-17-10-20-34-21-23-39-24-22-34)13-8-14-31(27(30)36,28(32)37)25-26-11-6-5-7-12-26/h5-8,11-12,14,27,33,36H,3-4,9-10,13,15-25H2,1-2H3,(H2,32,37)/t27-,30?,31-/m1/s1. The molecule has 1 aromatic rings. The van der Waals surface area contributed by atoms with Gasteiger partial charge in [0.1, 0.15) is 0 Å². The monoisotopic (exact) mass is 542 g/mol. The molecule has 0 spiro atoms. The summed E-state index contributed by atoms with van der Waals surface area (Å²) in [6.45, 7) is 11.7. The van der Waals surface area contributed by atoms with Gasteiger partial charge < -0.3 is 25.8 Å². The number of hydrogen-bond acceptors (Lipinski definition) is 6. The molecule has 4 N–H and O–H groups in total. The first kappa shape index (κ1) is 31.3. The number of benzene rings is 1. The van der Waals surface area contributed by atoms with Crippen LogP contribution in [0.1, 0.15) is 57.9 Å². The molecule has 1 saturated heterocycles. The van der Waals surface area contributed by atoms with E-state index in [1.54, 1.807) is 6.08 Å². The second-order valence-electron chi connectivity index (χ2n) is 11.2. The predicted octanol–water partition coefficient (Wildman–Crippen LogP) is 2.75. The van der Waals surface area contributed by atoms with Gasteiger partial charge in [0.15, 0.2) is 0 Å². The largest absolute Gasteiger partial charge is 0.391 e. The van der Waals surface area contributed by atoms with E-state index in [4.69, 9.17) is 10.5 Å². The topological polar surface area (TPSA) is 108 Å². The molecule has 0 saturated carbocycles. The number of nitrogens with one attached hydrogen (secondary N) is 1. The Labute approximate surface area is 234 Å². The molecule has 8 heteroatoms. The number of amides is 2. The smallest absolute Gasteiger partial charge is 0.231 e. The van der Waals surface area contributed by atoms with E-state index in [2.05, 4.69) is 24.1 Å². The number of ether oxygens (including phenoxy) is 1. The number of morpholine rings is 1. The minimum Gasteiger partial charge on any atom is -0.391 e.